The number of nitrogens with zero attached hydrogens (tertiary/aromatic N) is 1. The van der Waals surface area contributed by atoms with Gasteiger partial charge in [0.25, 0.3) is 0 Å². The molecule has 0 atom stereocenters. The summed E-state index contributed by atoms with van der Waals surface area (Å²) < 4.78 is 11.1. The molecule has 1 N–H and O–H groups in total. The van der Waals surface area contributed by atoms with Crippen LogP contribution in [0, 0.1) is 0 Å². The van der Waals surface area contributed by atoms with Gasteiger partial charge in [0.2, 0.25) is 0 Å². The minimum absolute atomic E-state index is 0.602. The van der Waals surface area contributed by atoms with E-state index in [2.05, 4.69) is 22.3 Å². The highest BCUT2D eigenvalue weighted by Crippen LogP contribution is 2.35. The summed E-state index contributed by atoms with van der Waals surface area (Å²) in [5.74, 6) is 1.60. The molecule has 1 aliphatic heterocycles. The summed E-state index contributed by atoms with van der Waals surface area (Å²) >= 11 is 0. The first-order valence-corrected chi connectivity index (χ1v) is 6.67. The number of rotatable bonds is 3. The maximum Gasteiger partial charge on any atom is 0.163 e. The zero-order valence-electron chi connectivity index (χ0n) is 11.7. The molecule has 20 heavy (non-hydrogen) atoms. The molecule has 2 aromatic carbocycles. The van der Waals surface area contributed by atoms with E-state index in [0.29, 0.717) is 13.2 Å². The molecule has 0 aromatic heterocycles. The van der Waals surface area contributed by atoms with Crippen molar-refractivity contribution >= 4 is 17.1 Å². The van der Waals surface area contributed by atoms with E-state index >= 15 is 0 Å². The van der Waals surface area contributed by atoms with Gasteiger partial charge in [-0.05, 0) is 24.3 Å². The van der Waals surface area contributed by atoms with E-state index in [1.54, 1.807) is 0 Å². The van der Waals surface area contributed by atoms with Crippen LogP contribution in [-0.4, -0.2) is 27.3 Å². The first-order chi connectivity index (χ1) is 9.74. The molecule has 104 valence electrons. The molecule has 3 rings (SSSR count). The average Bonchev–Trinajstić information content (AvgIpc) is 2.47. The summed E-state index contributed by atoms with van der Waals surface area (Å²) in [6.45, 7) is 1.22. The fraction of sp³-hybridized carbons (Fsp3) is 0.250. The predicted octanol–water partition coefficient (Wildman–Crippen LogP) is 3.27. The van der Waals surface area contributed by atoms with Gasteiger partial charge in [-0.3, -0.25) is 0 Å². The molecule has 0 saturated carbocycles. The van der Waals surface area contributed by atoms with E-state index < -0.39 is 0 Å². The monoisotopic (exact) mass is 270 g/mol. The number of benzene rings is 2. The Morgan fingerprint density at radius 3 is 2.50 bits per heavy atom. The van der Waals surface area contributed by atoms with Crippen LogP contribution >= 0.6 is 0 Å². The predicted molar refractivity (Wildman–Crippen MR) is 81.5 cm³/mol. The van der Waals surface area contributed by atoms with E-state index in [-0.39, 0.29) is 0 Å². The number of nitrogens with one attached hydrogen (secondary N) is 1. The highest BCUT2D eigenvalue weighted by atomic mass is 16.6. The van der Waals surface area contributed by atoms with Crippen molar-refractivity contribution in [3.8, 4) is 11.5 Å². The molecule has 0 fully saturated rings. The van der Waals surface area contributed by atoms with Crippen LogP contribution in [0.4, 0.5) is 17.1 Å². The van der Waals surface area contributed by atoms with Crippen molar-refractivity contribution in [2.45, 2.75) is 0 Å². The lowest BCUT2D eigenvalue weighted by Gasteiger charge is -2.21. The third-order valence-corrected chi connectivity index (χ3v) is 3.21. The van der Waals surface area contributed by atoms with Gasteiger partial charge in [0, 0.05) is 25.8 Å². The molecule has 0 amide bonds. The first kappa shape index (κ1) is 12.7. The van der Waals surface area contributed by atoms with Gasteiger partial charge in [0.15, 0.2) is 11.5 Å². The molecule has 0 saturated heterocycles. The van der Waals surface area contributed by atoms with Crippen molar-refractivity contribution in [1.29, 1.82) is 0 Å². The second-order valence-electron chi connectivity index (χ2n) is 4.90. The highest BCUT2D eigenvalue weighted by Gasteiger charge is 2.12. The standard InChI is InChI=1S/C16H18N2O2/c1-18(2)14-6-4-3-5-13(14)17-12-7-8-15-16(11-12)20-10-9-19-15/h3-8,11,17H,9-10H2,1-2H3. The van der Waals surface area contributed by atoms with Crippen LogP contribution in [0.2, 0.25) is 0 Å². The average molecular weight is 270 g/mol. The fourth-order valence-corrected chi connectivity index (χ4v) is 2.25. The van der Waals surface area contributed by atoms with Crippen molar-refractivity contribution in [2.75, 3.05) is 37.5 Å². The Bertz CT molecular complexity index is 611. The van der Waals surface area contributed by atoms with Gasteiger partial charge in [-0.1, -0.05) is 12.1 Å². The lowest BCUT2D eigenvalue weighted by molar-refractivity contribution is 0.171. The van der Waals surface area contributed by atoms with E-state index in [1.165, 1.54) is 0 Å². The van der Waals surface area contributed by atoms with Crippen molar-refractivity contribution in [3.63, 3.8) is 0 Å². The van der Waals surface area contributed by atoms with Gasteiger partial charge in [-0.25, -0.2) is 0 Å². The molecular weight excluding hydrogens is 252 g/mol. The Balaban J connectivity index is 1.88. The zero-order valence-corrected chi connectivity index (χ0v) is 11.7. The molecule has 2 aromatic rings. The maximum absolute atomic E-state index is 5.60. The van der Waals surface area contributed by atoms with E-state index in [9.17, 15) is 0 Å². The minimum atomic E-state index is 0.602. The number of hydrogen-bond acceptors (Lipinski definition) is 4. The summed E-state index contributed by atoms with van der Waals surface area (Å²) in [6, 6.07) is 14.1. The van der Waals surface area contributed by atoms with Gasteiger partial charge in [-0.2, -0.15) is 0 Å². The molecule has 4 heteroatoms. The number of ether oxygens (including phenoxy) is 2. The van der Waals surface area contributed by atoms with Crippen LogP contribution in [0.5, 0.6) is 11.5 Å². The van der Waals surface area contributed by atoms with Crippen molar-refractivity contribution in [2.24, 2.45) is 0 Å². The Morgan fingerprint density at radius 1 is 0.950 bits per heavy atom. The van der Waals surface area contributed by atoms with E-state index in [0.717, 1.165) is 28.6 Å². The maximum atomic E-state index is 5.60. The van der Waals surface area contributed by atoms with Crippen LogP contribution in [0.25, 0.3) is 0 Å². The summed E-state index contributed by atoms with van der Waals surface area (Å²) in [5, 5.41) is 3.43. The fourth-order valence-electron chi connectivity index (χ4n) is 2.25. The van der Waals surface area contributed by atoms with Crippen molar-refractivity contribution in [1.82, 2.24) is 0 Å². The van der Waals surface area contributed by atoms with Crippen molar-refractivity contribution < 1.29 is 9.47 Å². The Kier molecular flexibility index (Phi) is 3.37. The van der Waals surface area contributed by atoms with Crippen LogP contribution in [0.1, 0.15) is 0 Å². The van der Waals surface area contributed by atoms with Crippen LogP contribution in [0.3, 0.4) is 0 Å². The number of anilines is 3. The topological polar surface area (TPSA) is 33.7 Å². The Hall–Kier alpha value is -2.36. The molecule has 0 radical (unpaired) electrons. The molecule has 0 unspecified atom stereocenters. The smallest absolute Gasteiger partial charge is 0.163 e. The van der Waals surface area contributed by atoms with Gasteiger partial charge < -0.3 is 19.7 Å². The molecular formula is C16H18N2O2. The summed E-state index contributed by atoms with van der Waals surface area (Å²) in [6.07, 6.45) is 0. The molecule has 1 aliphatic rings. The molecule has 0 aliphatic carbocycles. The zero-order chi connectivity index (χ0) is 13.9. The summed E-state index contributed by atoms with van der Waals surface area (Å²) in [5.41, 5.74) is 3.19. The quantitative estimate of drug-likeness (QED) is 0.928. The third-order valence-electron chi connectivity index (χ3n) is 3.21. The van der Waals surface area contributed by atoms with E-state index in [4.69, 9.17) is 9.47 Å². The lowest BCUT2D eigenvalue weighted by atomic mass is 10.2. The van der Waals surface area contributed by atoms with Gasteiger partial charge >= 0.3 is 0 Å². The first-order valence-electron chi connectivity index (χ1n) is 6.67. The molecule has 1 heterocycles. The normalized spacial score (nSPS) is 12.9. The number of fused-ring (bicyclic) bond motifs is 1. The molecule has 0 spiro atoms. The minimum Gasteiger partial charge on any atom is -0.486 e. The van der Waals surface area contributed by atoms with Crippen LogP contribution in [0.15, 0.2) is 42.5 Å². The van der Waals surface area contributed by atoms with E-state index in [1.807, 2.05) is 44.4 Å². The van der Waals surface area contributed by atoms with Crippen LogP contribution < -0.4 is 19.7 Å². The number of para-hydroxylation sites is 2. The molecule has 0 bridgehead atoms. The number of hydrogen-bond donors (Lipinski definition) is 1. The lowest BCUT2D eigenvalue weighted by Crippen LogP contribution is -2.15. The van der Waals surface area contributed by atoms with Gasteiger partial charge in [0.05, 0.1) is 11.4 Å². The summed E-state index contributed by atoms with van der Waals surface area (Å²) in [4.78, 5) is 2.08. The second-order valence-corrected chi connectivity index (χ2v) is 4.90. The largest absolute Gasteiger partial charge is 0.486 e. The highest BCUT2D eigenvalue weighted by molar-refractivity contribution is 5.75. The SMILES string of the molecule is CN(C)c1ccccc1Nc1ccc2c(c1)OCCO2. The second kappa shape index (κ2) is 5.33. The molecule has 4 nitrogen and oxygen atoms in total. The Labute approximate surface area is 118 Å². The van der Waals surface area contributed by atoms with Gasteiger partial charge in [0.1, 0.15) is 13.2 Å². The third kappa shape index (κ3) is 2.50. The van der Waals surface area contributed by atoms with Gasteiger partial charge in [-0.15, -0.1) is 0 Å². The Morgan fingerprint density at radius 2 is 1.70 bits per heavy atom. The van der Waals surface area contributed by atoms with Crippen molar-refractivity contribution in [3.05, 3.63) is 42.5 Å². The van der Waals surface area contributed by atoms with Crippen LogP contribution in [-0.2, 0) is 0 Å². The summed E-state index contributed by atoms with van der Waals surface area (Å²) in [7, 11) is 4.06.